The number of nitrogens with zero attached hydrogens (tertiary/aromatic N) is 3. The van der Waals surface area contributed by atoms with Gasteiger partial charge < -0.3 is 19.5 Å². The number of likely N-dealkylation sites (tertiary alicyclic amines) is 1. The van der Waals surface area contributed by atoms with Gasteiger partial charge in [-0.15, -0.1) is 0 Å². The van der Waals surface area contributed by atoms with Crippen molar-refractivity contribution >= 4 is 17.1 Å². The predicted molar refractivity (Wildman–Crippen MR) is 131 cm³/mol. The zero-order valence-electron chi connectivity index (χ0n) is 19.9. The molecular formula is C27H34N4O2. The number of piperidine rings is 1. The Balaban J connectivity index is 1.42. The summed E-state index contributed by atoms with van der Waals surface area (Å²) in [6, 6.07) is 13.4. The fourth-order valence-electron chi connectivity index (χ4n) is 5.47. The van der Waals surface area contributed by atoms with E-state index in [1.807, 2.05) is 17.9 Å². The van der Waals surface area contributed by atoms with Crippen LogP contribution in [0.15, 0.2) is 36.4 Å². The summed E-state index contributed by atoms with van der Waals surface area (Å²) in [6.07, 6.45) is 5.61. The molecular weight excluding hydrogens is 412 g/mol. The van der Waals surface area contributed by atoms with Crippen LogP contribution in [0.2, 0.25) is 0 Å². The monoisotopic (exact) mass is 446 g/mol. The standard InChI is InChI=1S/C27H34N4O2/c1-4-6-23-8-5-7-18(2)31(23)27(32)30-13-14-33-26-12-10-20(15-22(26)17-30)21-9-11-24-25(16-21)29-19(3)28-24/h9-12,15-16,18,23H,4-8,13-14,17H2,1-3H3,(H,28,29). The SMILES string of the molecule is CCCC1CCCC(C)N1C(=O)N1CCOc2ccc(-c3ccc4nc(C)[nH]c4c3)cc2C1. The van der Waals surface area contributed by atoms with Crippen LogP contribution in [0.5, 0.6) is 5.75 Å². The van der Waals surface area contributed by atoms with Crippen molar-refractivity contribution in [2.45, 2.75) is 71.5 Å². The average Bonchev–Trinajstić information content (AvgIpc) is 3.04. The van der Waals surface area contributed by atoms with Crippen molar-refractivity contribution < 1.29 is 9.53 Å². The summed E-state index contributed by atoms with van der Waals surface area (Å²) in [5.41, 5.74) is 5.33. The molecule has 0 saturated carbocycles. The number of imidazole rings is 1. The number of rotatable bonds is 3. The van der Waals surface area contributed by atoms with Crippen LogP contribution in [-0.2, 0) is 6.54 Å². The normalized spacial score (nSPS) is 20.9. The van der Waals surface area contributed by atoms with Crippen molar-refractivity contribution in [3.63, 3.8) is 0 Å². The van der Waals surface area contributed by atoms with Crippen LogP contribution in [0.3, 0.4) is 0 Å². The number of aryl methyl sites for hydroxylation is 1. The fourth-order valence-corrected chi connectivity index (χ4v) is 5.47. The second kappa shape index (κ2) is 9.08. The van der Waals surface area contributed by atoms with Crippen molar-refractivity contribution in [1.82, 2.24) is 19.8 Å². The Bertz CT molecular complexity index is 1150. The number of carbonyl (C=O) groups excluding carboxylic acids is 1. The minimum atomic E-state index is 0.164. The molecule has 174 valence electrons. The predicted octanol–water partition coefficient (Wildman–Crippen LogP) is 5.90. The molecule has 2 aromatic carbocycles. The number of ether oxygens (including phenoxy) is 1. The second-order valence-corrected chi connectivity index (χ2v) is 9.56. The zero-order valence-corrected chi connectivity index (χ0v) is 19.9. The number of hydrogen-bond donors (Lipinski definition) is 1. The van der Waals surface area contributed by atoms with Gasteiger partial charge in [-0.25, -0.2) is 9.78 Å². The minimum absolute atomic E-state index is 0.164. The number of hydrogen-bond acceptors (Lipinski definition) is 3. The Morgan fingerprint density at radius 1 is 1.18 bits per heavy atom. The van der Waals surface area contributed by atoms with Crippen LogP contribution in [0.4, 0.5) is 4.79 Å². The summed E-state index contributed by atoms with van der Waals surface area (Å²) >= 11 is 0. The molecule has 33 heavy (non-hydrogen) atoms. The van der Waals surface area contributed by atoms with E-state index in [1.165, 1.54) is 6.42 Å². The number of amides is 2. The number of H-pyrrole nitrogens is 1. The lowest BCUT2D eigenvalue weighted by Crippen LogP contribution is -2.54. The molecule has 1 saturated heterocycles. The van der Waals surface area contributed by atoms with Crippen LogP contribution >= 0.6 is 0 Å². The van der Waals surface area contributed by atoms with E-state index in [9.17, 15) is 4.79 Å². The van der Waals surface area contributed by atoms with Crippen molar-refractivity contribution in [3.05, 3.63) is 47.8 Å². The average molecular weight is 447 g/mol. The Hall–Kier alpha value is -3.02. The van der Waals surface area contributed by atoms with Crippen LogP contribution in [0, 0.1) is 6.92 Å². The van der Waals surface area contributed by atoms with E-state index in [1.54, 1.807) is 0 Å². The number of fused-ring (bicyclic) bond motifs is 2. The van der Waals surface area contributed by atoms with Crippen molar-refractivity contribution in [2.24, 2.45) is 0 Å². The minimum Gasteiger partial charge on any atom is -0.491 e. The van der Waals surface area contributed by atoms with Gasteiger partial charge in [-0.2, -0.15) is 0 Å². The first-order valence-electron chi connectivity index (χ1n) is 12.3. The van der Waals surface area contributed by atoms with E-state index < -0.39 is 0 Å². The summed E-state index contributed by atoms with van der Waals surface area (Å²) in [6.45, 7) is 8.10. The van der Waals surface area contributed by atoms with Gasteiger partial charge in [0.05, 0.1) is 24.1 Å². The third-order valence-corrected chi connectivity index (χ3v) is 7.11. The first-order chi connectivity index (χ1) is 16.0. The first kappa shape index (κ1) is 21.8. The summed E-state index contributed by atoms with van der Waals surface area (Å²) in [4.78, 5) is 25.7. The van der Waals surface area contributed by atoms with E-state index in [-0.39, 0.29) is 6.03 Å². The lowest BCUT2D eigenvalue weighted by atomic mass is 9.94. The van der Waals surface area contributed by atoms with Crippen molar-refractivity contribution in [1.29, 1.82) is 0 Å². The van der Waals surface area contributed by atoms with Crippen LogP contribution in [-0.4, -0.2) is 51.0 Å². The molecule has 2 aliphatic heterocycles. The summed E-state index contributed by atoms with van der Waals surface area (Å²) in [5.74, 6) is 1.80. The highest BCUT2D eigenvalue weighted by atomic mass is 16.5. The topological polar surface area (TPSA) is 61.5 Å². The molecule has 2 amide bonds. The molecule has 0 bridgehead atoms. The largest absolute Gasteiger partial charge is 0.491 e. The Kier molecular flexibility index (Phi) is 6.00. The Morgan fingerprint density at radius 2 is 2.00 bits per heavy atom. The smallest absolute Gasteiger partial charge is 0.320 e. The van der Waals surface area contributed by atoms with Gasteiger partial charge in [-0.3, -0.25) is 0 Å². The summed E-state index contributed by atoms with van der Waals surface area (Å²) < 4.78 is 6.05. The van der Waals surface area contributed by atoms with E-state index in [0.717, 1.165) is 65.0 Å². The second-order valence-electron chi connectivity index (χ2n) is 9.56. The highest BCUT2D eigenvalue weighted by molar-refractivity contribution is 5.82. The number of urea groups is 1. The maximum absolute atomic E-state index is 13.7. The van der Waals surface area contributed by atoms with Gasteiger partial charge in [0.25, 0.3) is 0 Å². The number of benzene rings is 2. The van der Waals surface area contributed by atoms with Gasteiger partial charge in [0.1, 0.15) is 18.2 Å². The lowest BCUT2D eigenvalue weighted by Gasteiger charge is -2.43. The van der Waals surface area contributed by atoms with E-state index in [4.69, 9.17) is 4.74 Å². The zero-order chi connectivity index (χ0) is 22.9. The van der Waals surface area contributed by atoms with Crippen LogP contribution < -0.4 is 4.74 Å². The van der Waals surface area contributed by atoms with Gasteiger partial charge in [-0.1, -0.05) is 25.5 Å². The Morgan fingerprint density at radius 3 is 2.85 bits per heavy atom. The molecule has 1 aromatic heterocycles. The molecule has 2 aliphatic rings. The maximum Gasteiger partial charge on any atom is 0.320 e. The number of carbonyl (C=O) groups is 1. The summed E-state index contributed by atoms with van der Waals surface area (Å²) in [5, 5.41) is 0. The third kappa shape index (κ3) is 4.31. The molecule has 2 atom stereocenters. The molecule has 6 nitrogen and oxygen atoms in total. The number of aromatic nitrogens is 2. The van der Waals surface area contributed by atoms with Gasteiger partial charge in [-0.05, 0) is 74.9 Å². The van der Waals surface area contributed by atoms with Gasteiger partial charge >= 0.3 is 6.03 Å². The van der Waals surface area contributed by atoms with Crippen molar-refractivity contribution in [2.75, 3.05) is 13.2 Å². The van der Waals surface area contributed by atoms with Crippen LogP contribution in [0.25, 0.3) is 22.2 Å². The molecule has 6 heteroatoms. The number of nitrogens with one attached hydrogen (secondary N) is 1. The fraction of sp³-hybridized carbons (Fsp3) is 0.481. The molecule has 0 aliphatic carbocycles. The van der Waals surface area contributed by atoms with E-state index in [2.05, 4.69) is 59.0 Å². The lowest BCUT2D eigenvalue weighted by molar-refractivity contribution is 0.0789. The molecule has 2 unspecified atom stereocenters. The van der Waals surface area contributed by atoms with E-state index >= 15 is 0 Å². The molecule has 1 fully saturated rings. The first-order valence-corrected chi connectivity index (χ1v) is 12.3. The summed E-state index contributed by atoms with van der Waals surface area (Å²) in [7, 11) is 0. The molecule has 0 radical (unpaired) electrons. The van der Waals surface area contributed by atoms with Gasteiger partial charge in [0, 0.05) is 17.6 Å². The molecule has 1 N–H and O–H groups in total. The number of aromatic amines is 1. The molecule has 3 aromatic rings. The quantitative estimate of drug-likeness (QED) is 0.545. The molecule has 5 rings (SSSR count). The third-order valence-electron chi connectivity index (χ3n) is 7.11. The van der Waals surface area contributed by atoms with Crippen molar-refractivity contribution in [3.8, 4) is 16.9 Å². The highest BCUT2D eigenvalue weighted by Gasteiger charge is 2.34. The highest BCUT2D eigenvalue weighted by Crippen LogP contribution is 2.32. The van der Waals surface area contributed by atoms with Crippen LogP contribution in [0.1, 0.15) is 57.3 Å². The van der Waals surface area contributed by atoms with Gasteiger partial charge in [0.2, 0.25) is 0 Å². The Labute approximate surface area is 195 Å². The van der Waals surface area contributed by atoms with Gasteiger partial charge in [0.15, 0.2) is 0 Å². The van der Waals surface area contributed by atoms with E-state index in [0.29, 0.717) is 31.8 Å². The maximum atomic E-state index is 13.7. The molecule has 0 spiro atoms. The molecule has 3 heterocycles.